The molecular formula is C33H35N3O3. The molecule has 1 aliphatic carbocycles. The van der Waals surface area contributed by atoms with Crippen LogP contribution in [0.3, 0.4) is 0 Å². The maximum atomic E-state index is 13.7. The highest BCUT2D eigenvalue weighted by atomic mass is 16.2. The third-order valence-electron chi connectivity index (χ3n) is 8.41. The van der Waals surface area contributed by atoms with E-state index >= 15 is 0 Å². The number of rotatable bonds is 8. The van der Waals surface area contributed by atoms with Gasteiger partial charge in [-0.15, -0.1) is 0 Å². The van der Waals surface area contributed by atoms with Crippen LogP contribution in [0.25, 0.3) is 11.1 Å². The van der Waals surface area contributed by atoms with Gasteiger partial charge in [0.25, 0.3) is 11.8 Å². The van der Waals surface area contributed by atoms with Crippen LogP contribution in [0.15, 0.2) is 60.7 Å². The van der Waals surface area contributed by atoms with Crippen molar-refractivity contribution in [3.8, 4) is 11.1 Å². The summed E-state index contributed by atoms with van der Waals surface area (Å²) in [6.45, 7) is 6.89. The average Bonchev–Trinajstić information content (AvgIpc) is 3.66. The molecule has 6 heteroatoms. The van der Waals surface area contributed by atoms with E-state index in [0.29, 0.717) is 23.4 Å². The predicted molar refractivity (Wildman–Crippen MR) is 153 cm³/mol. The van der Waals surface area contributed by atoms with Crippen LogP contribution in [-0.2, 0) is 4.79 Å². The highest BCUT2D eigenvalue weighted by Crippen LogP contribution is 2.51. The minimum absolute atomic E-state index is 0.00875. The monoisotopic (exact) mass is 521 g/mol. The molecule has 2 atom stereocenters. The third kappa shape index (κ3) is 4.18. The fraction of sp³-hybridized carbons (Fsp3) is 0.364. The van der Waals surface area contributed by atoms with Crippen molar-refractivity contribution in [1.29, 1.82) is 0 Å². The fourth-order valence-corrected chi connectivity index (χ4v) is 6.67. The van der Waals surface area contributed by atoms with Gasteiger partial charge in [0, 0.05) is 12.6 Å². The maximum Gasteiger partial charge on any atom is 0.266 e. The third-order valence-corrected chi connectivity index (χ3v) is 8.41. The van der Waals surface area contributed by atoms with E-state index in [2.05, 4.69) is 30.1 Å². The molecule has 2 unspecified atom stereocenters. The van der Waals surface area contributed by atoms with Gasteiger partial charge in [0.05, 0.1) is 22.7 Å². The Hall–Kier alpha value is -3.77. The second kappa shape index (κ2) is 10.4. The van der Waals surface area contributed by atoms with Crippen LogP contribution >= 0.6 is 0 Å². The van der Waals surface area contributed by atoms with Crippen LogP contribution in [0.4, 0.5) is 5.69 Å². The summed E-state index contributed by atoms with van der Waals surface area (Å²) in [5.41, 5.74) is 6.48. The van der Waals surface area contributed by atoms with Crippen molar-refractivity contribution < 1.29 is 14.4 Å². The normalized spacial score (nSPS) is 18.7. The Labute approximate surface area is 230 Å². The molecule has 3 aliphatic rings. The van der Waals surface area contributed by atoms with Gasteiger partial charge < -0.3 is 5.32 Å². The Kier molecular flexibility index (Phi) is 6.81. The Morgan fingerprint density at radius 3 is 2.15 bits per heavy atom. The number of imide groups is 1. The number of nitrogens with zero attached hydrogens (tertiary/aromatic N) is 2. The zero-order valence-electron chi connectivity index (χ0n) is 22.7. The molecule has 0 radical (unpaired) electrons. The molecule has 3 aromatic carbocycles. The van der Waals surface area contributed by atoms with Crippen molar-refractivity contribution in [3.63, 3.8) is 0 Å². The van der Waals surface area contributed by atoms with Gasteiger partial charge in [-0.05, 0) is 90.9 Å². The number of nitrogens with one attached hydrogen (secondary N) is 1. The molecule has 2 aliphatic heterocycles. The first kappa shape index (κ1) is 25.5. The molecule has 1 saturated heterocycles. The zero-order chi connectivity index (χ0) is 27.1. The molecule has 3 amide bonds. The lowest BCUT2D eigenvalue weighted by atomic mass is 9.86. The van der Waals surface area contributed by atoms with Crippen LogP contribution in [0.2, 0.25) is 0 Å². The van der Waals surface area contributed by atoms with Crippen molar-refractivity contribution in [1.82, 2.24) is 10.2 Å². The zero-order valence-corrected chi connectivity index (χ0v) is 22.7. The van der Waals surface area contributed by atoms with Gasteiger partial charge in [-0.2, -0.15) is 0 Å². The predicted octanol–water partition coefficient (Wildman–Crippen LogP) is 6.06. The first-order chi connectivity index (χ1) is 19.0. The Morgan fingerprint density at radius 1 is 0.872 bits per heavy atom. The molecule has 39 heavy (non-hydrogen) atoms. The number of benzene rings is 3. The number of fused-ring (bicyclic) bond motifs is 4. The maximum absolute atomic E-state index is 13.7. The molecule has 1 fully saturated rings. The summed E-state index contributed by atoms with van der Waals surface area (Å²) in [6, 6.07) is 19.2. The van der Waals surface area contributed by atoms with Gasteiger partial charge in [0.1, 0.15) is 0 Å². The molecule has 0 bridgehead atoms. The van der Waals surface area contributed by atoms with E-state index in [0.717, 1.165) is 73.0 Å². The molecule has 2 heterocycles. The SMILES string of the molecule is CCCNC(=O)C1c2ccccc2-c2cc(N3C(=O)c4ccccc4C3=O)cc(C(CCC)N3CCCC3)c21. The average molecular weight is 522 g/mol. The van der Waals surface area contributed by atoms with E-state index in [1.165, 1.54) is 4.90 Å². The first-order valence-corrected chi connectivity index (χ1v) is 14.3. The standard InChI is InChI=1S/C33H35N3O3/c1-3-11-28(35-17-9-10-18-35)27-20-21(36-32(38)24-14-7-8-15-25(24)33(36)39)19-26-22-12-5-6-13-23(22)30(29(26)27)31(37)34-16-4-2/h5-8,12-15,19-20,28,30H,3-4,9-11,16-18H2,1-2H3,(H,34,37). The fourth-order valence-electron chi connectivity index (χ4n) is 6.67. The van der Waals surface area contributed by atoms with E-state index in [9.17, 15) is 14.4 Å². The lowest BCUT2D eigenvalue weighted by Crippen LogP contribution is -2.33. The minimum atomic E-state index is -0.420. The van der Waals surface area contributed by atoms with E-state index in [-0.39, 0.29) is 23.8 Å². The van der Waals surface area contributed by atoms with Crippen molar-refractivity contribution in [2.45, 2.75) is 57.9 Å². The van der Waals surface area contributed by atoms with Gasteiger partial charge in [-0.1, -0.05) is 56.7 Å². The number of hydrogen-bond acceptors (Lipinski definition) is 4. The van der Waals surface area contributed by atoms with Crippen LogP contribution < -0.4 is 10.2 Å². The summed E-state index contributed by atoms with van der Waals surface area (Å²) in [4.78, 5) is 44.7. The van der Waals surface area contributed by atoms with E-state index < -0.39 is 5.92 Å². The van der Waals surface area contributed by atoms with Crippen molar-refractivity contribution in [3.05, 3.63) is 88.5 Å². The lowest BCUT2D eigenvalue weighted by Gasteiger charge is -2.32. The number of carbonyl (C=O) groups is 3. The van der Waals surface area contributed by atoms with Crippen LogP contribution in [0, 0.1) is 0 Å². The lowest BCUT2D eigenvalue weighted by molar-refractivity contribution is -0.121. The second-order valence-electron chi connectivity index (χ2n) is 10.8. The molecule has 6 nitrogen and oxygen atoms in total. The Balaban J connectivity index is 1.57. The minimum Gasteiger partial charge on any atom is -0.355 e. The molecule has 6 rings (SSSR count). The molecular weight excluding hydrogens is 486 g/mol. The van der Waals surface area contributed by atoms with Crippen molar-refractivity contribution in [2.75, 3.05) is 24.5 Å². The highest BCUT2D eigenvalue weighted by Gasteiger charge is 2.42. The largest absolute Gasteiger partial charge is 0.355 e. The van der Waals surface area contributed by atoms with Crippen LogP contribution in [0.5, 0.6) is 0 Å². The summed E-state index contributed by atoms with van der Waals surface area (Å²) < 4.78 is 0. The van der Waals surface area contributed by atoms with E-state index in [1.807, 2.05) is 30.3 Å². The Morgan fingerprint density at radius 2 is 1.51 bits per heavy atom. The number of amides is 3. The topological polar surface area (TPSA) is 69.7 Å². The van der Waals surface area contributed by atoms with E-state index in [4.69, 9.17) is 0 Å². The van der Waals surface area contributed by atoms with Gasteiger partial charge >= 0.3 is 0 Å². The quantitative estimate of drug-likeness (QED) is 0.366. The number of hydrogen-bond donors (Lipinski definition) is 1. The molecule has 200 valence electrons. The summed E-state index contributed by atoms with van der Waals surface area (Å²) in [6.07, 6.45) is 5.11. The van der Waals surface area contributed by atoms with Crippen LogP contribution in [-0.4, -0.2) is 42.3 Å². The van der Waals surface area contributed by atoms with E-state index in [1.54, 1.807) is 24.3 Å². The number of anilines is 1. The summed E-state index contributed by atoms with van der Waals surface area (Å²) in [5, 5.41) is 3.15. The molecule has 0 saturated carbocycles. The molecule has 1 N–H and O–H groups in total. The van der Waals surface area contributed by atoms with Crippen molar-refractivity contribution >= 4 is 23.4 Å². The summed E-state index contributed by atoms with van der Waals surface area (Å²) in [7, 11) is 0. The van der Waals surface area contributed by atoms with Gasteiger partial charge in [0.15, 0.2) is 0 Å². The summed E-state index contributed by atoms with van der Waals surface area (Å²) in [5.74, 6) is -0.998. The summed E-state index contributed by atoms with van der Waals surface area (Å²) >= 11 is 0. The van der Waals surface area contributed by atoms with Crippen molar-refractivity contribution in [2.24, 2.45) is 0 Å². The highest BCUT2D eigenvalue weighted by molar-refractivity contribution is 6.34. The number of likely N-dealkylation sites (tertiary alicyclic amines) is 1. The number of carbonyl (C=O) groups excluding carboxylic acids is 3. The molecule has 0 aromatic heterocycles. The van der Waals surface area contributed by atoms with Gasteiger partial charge in [-0.3, -0.25) is 19.3 Å². The smallest absolute Gasteiger partial charge is 0.266 e. The first-order valence-electron chi connectivity index (χ1n) is 14.3. The van der Waals surface area contributed by atoms with Gasteiger partial charge in [-0.25, -0.2) is 4.90 Å². The molecule has 3 aromatic rings. The second-order valence-corrected chi connectivity index (χ2v) is 10.8. The molecule has 0 spiro atoms. The van der Waals surface area contributed by atoms with Crippen LogP contribution in [0.1, 0.15) is 95.3 Å². The Bertz CT molecular complexity index is 1420. The van der Waals surface area contributed by atoms with Gasteiger partial charge in [0.2, 0.25) is 5.91 Å².